The second-order valence-corrected chi connectivity index (χ2v) is 8.44. The Kier molecular flexibility index (Phi) is 5.66. The van der Waals surface area contributed by atoms with Crippen LogP contribution in [-0.2, 0) is 0 Å². The van der Waals surface area contributed by atoms with E-state index in [9.17, 15) is 9.59 Å². The number of hydrogen-bond donors (Lipinski definition) is 0. The lowest BCUT2D eigenvalue weighted by atomic mass is 9.98. The second-order valence-electron chi connectivity index (χ2n) is 7.52. The number of likely N-dealkylation sites (N-methyl/N-ethyl adjacent to an activating group) is 1. The number of ether oxygens (including phenoxy) is 1. The van der Waals surface area contributed by atoms with Gasteiger partial charge < -0.3 is 19.0 Å². The predicted octanol–water partition coefficient (Wildman–Crippen LogP) is 4.06. The quantitative estimate of drug-likeness (QED) is 0.543. The van der Waals surface area contributed by atoms with Crippen molar-refractivity contribution in [1.82, 2.24) is 9.80 Å². The van der Waals surface area contributed by atoms with Crippen molar-refractivity contribution in [2.24, 2.45) is 0 Å². The summed E-state index contributed by atoms with van der Waals surface area (Å²) < 4.78 is 12.4. The first kappa shape index (κ1) is 20.6. The van der Waals surface area contributed by atoms with E-state index in [2.05, 4.69) is 15.9 Å². The first-order chi connectivity index (χ1) is 14.4. The Bertz CT molecular complexity index is 1170. The molecule has 0 saturated heterocycles. The molecule has 2 heterocycles. The third kappa shape index (κ3) is 3.63. The van der Waals surface area contributed by atoms with Crippen LogP contribution < -0.4 is 10.2 Å². The molecular formula is C23H23BrN2O4. The van der Waals surface area contributed by atoms with Crippen LogP contribution in [-0.4, -0.2) is 49.5 Å². The Hall–Kier alpha value is -2.64. The Balaban J connectivity index is 1.92. The maximum absolute atomic E-state index is 13.5. The van der Waals surface area contributed by atoms with Gasteiger partial charge in [-0.15, -0.1) is 0 Å². The van der Waals surface area contributed by atoms with E-state index >= 15 is 0 Å². The smallest absolute Gasteiger partial charge is 0.290 e. The lowest BCUT2D eigenvalue weighted by Crippen LogP contribution is -2.35. The Labute approximate surface area is 183 Å². The zero-order chi connectivity index (χ0) is 21.4. The largest absolute Gasteiger partial charge is 0.494 e. The molecule has 1 unspecified atom stereocenters. The van der Waals surface area contributed by atoms with Gasteiger partial charge in [-0.3, -0.25) is 9.59 Å². The molecular weight excluding hydrogens is 448 g/mol. The molecule has 0 fully saturated rings. The molecule has 156 valence electrons. The number of nitrogens with zero attached hydrogens (tertiary/aromatic N) is 2. The average Bonchev–Trinajstić information content (AvgIpc) is 3.00. The molecule has 2 aromatic carbocycles. The van der Waals surface area contributed by atoms with E-state index < -0.39 is 6.04 Å². The number of fused-ring (bicyclic) bond motifs is 2. The van der Waals surface area contributed by atoms with Crippen LogP contribution in [0.2, 0.25) is 0 Å². The monoisotopic (exact) mass is 470 g/mol. The summed E-state index contributed by atoms with van der Waals surface area (Å²) in [5.74, 6) is 0.567. The summed E-state index contributed by atoms with van der Waals surface area (Å²) in [7, 11) is 3.90. The lowest BCUT2D eigenvalue weighted by molar-refractivity contribution is 0.0716. The molecule has 3 aromatic rings. The maximum atomic E-state index is 13.5. The summed E-state index contributed by atoms with van der Waals surface area (Å²) in [5.41, 5.74) is 1.44. The van der Waals surface area contributed by atoms with Crippen LogP contribution in [0, 0.1) is 0 Å². The normalized spacial score (nSPS) is 15.8. The first-order valence-corrected chi connectivity index (χ1v) is 10.6. The van der Waals surface area contributed by atoms with Crippen molar-refractivity contribution in [2.45, 2.75) is 13.0 Å². The van der Waals surface area contributed by atoms with E-state index in [0.29, 0.717) is 42.0 Å². The van der Waals surface area contributed by atoms with Gasteiger partial charge in [0, 0.05) is 17.6 Å². The van der Waals surface area contributed by atoms with Crippen molar-refractivity contribution in [2.75, 3.05) is 33.8 Å². The molecule has 1 aliphatic rings. The van der Waals surface area contributed by atoms with Gasteiger partial charge >= 0.3 is 0 Å². The standard InChI is InChI=1S/C23H23BrN2O4/c1-4-29-16-7-5-6-14(12-16)20-19-21(27)17-13-15(24)8-9-18(17)30-22(19)23(28)26(20)11-10-25(2)3/h5-9,12-13,20H,4,10-11H2,1-3H3. The van der Waals surface area contributed by atoms with Crippen molar-refractivity contribution in [3.8, 4) is 5.75 Å². The molecule has 0 saturated carbocycles. The molecule has 1 aromatic heterocycles. The number of hydrogen-bond acceptors (Lipinski definition) is 5. The van der Waals surface area contributed by atoms with Gasteiger partial charge in [-0.05, 0) is 56.9 Å². The zero-order valence-electron chi connectivity index (χ0n) is 17.1. The highest BCUT2D eigenvalue weighted by Gasteiger charge is 2.42. The third-order valence-electron chi connectivity index (χ3n) is 5.20. The van der Waals surface area contributed by atoms with Gasteiger partial charge in [-0.2, -0.15) is 0 Å². The van der Waals surface area contributed by atoms with Gasteiger partial charge in [0.1, 0.15) is 11.3 Å². The number of rotatable bonds is 6. The van der Waals surface area contributed by atoms with E-state index in [4.69, 9.17) is 9.15 Å². The molecule has 0 bridgehead atoms. The fraction of sp³-hybridized carbons (Fsp3) is 0.304. The molecule has 0 aliphatic carbocycles. The molecule has 1 amide bonds. The molecule has 30 heavy (non-hydrogen) atoms. The summed E-state index contributed by atoms with van der Waals surface area (Å²) in [6, 6.07) is 12.3. The van der Waals surface area contributed by atoms with Crippen molar-refractivity contribution in [3.05, 3.63) is 74.0 Å². The van der Waals surface area contributed by atoms with Gasteiger partial charge in [0.15, 0.2) is 5.43 Å². The highest BCUT2D eigenvalue weighted by Crippen LogP contribution is 2.39. The van der Waals surface area contributed by atoms with E-state index in [1.54, 1.807) is 23.1 Å². The summed E-state index contributed by atoms with van der Waals surface area (Å²) >= 11 is 3.42. The van der Waals surface area contributed by atoms with Gasteiger partial charge in [0.25, 0.3) is 5.91 Å². The molecule has 6 nitrogen and oxygen atoms in total. The van der Waals surface area contributed by atoms with Gasteiger partial charge in [-0.25, -0.2) is 0 Å². The van der Waals surface area contributed by atoms with Crippen LogP contribution in [0.25, 0.3) is 11.0 Å². The molecule has 0 spiro atoms. The minimum Gasteiger partial charge on any atom is -0.494 e. The summed E-state index contributed by atoms with van der Waals surface area (Å²) in [5, 5.41) is 0.455. The topological polar surface area (TPSA) is 63.0 Å². The Morgan fingerprint density at radius 2 is 1.97 bits per heavy atom. The number of carbonyl (C=O) groups excluding carboxylic acids is 1. The number of halogens is 1. The molecule has 1 atom stereocenters. The molecule has 7 heteroatoms. The fourth-order valence-corrected chi connectivity index (χ4v) is 4.18. The number of amides is 1. The molecule has 0 N–H and O–H groups in total. The van der Waals surface area contributed by atoms with Gasteiger partial charge in [0.05, 0.1) is 23.6 Å². The summed E-state index contributed by atoms with van der Waals surface area (Å²) in [6.45, 7) is 3.59. The lowest BCUT2D eigenvalue weighted by Gasteiger charge is -2.26. The zero-order valence-corrected chi connectivity index (χ0v) is 18.7. The average molecular weight is 471 g/mol. The van der Waals surface area contributed by atoms with E-state index in [-0.39, 0.29) is 17.1 Å². The highest BCUT2D eigenvalue weighted by molar-refractivity contribution is 9.10. The molecule has 4 rings (SSSR count). The van der Waals surface area contributed by atoms with Crippen LogP contribution in [0.5, 0.6) is 5.75 Å². The van der Waals surface area contributed by atoms with E-state index in [1.165, 1.54) is 0 Å². The van der Waals surface area contributed by atoms with Crippen molar-refractivity contribution in [1.29, 1.82) is 0 Å². The van der Waals surface area contributed by atoms with Crippen LogP contribution >= 0.6 is 15.9 Å². The highest BCUT2D eigenvalue weighted by atomic mass is 79.9. The minimum atomic E-state index is -0.521. The van der Waals surface area contributed by atoms with Gasteiger partial charge in [0.2, 0.25) is 5.76 Å². The minimum absolute atomic E-state index is 0.125. The van der Waals surface area contributed by atoms with Crippen molar-refractivity contribution >= 4 is 32.8 Å². The van der Waals surface area contributed by atoms with Crippen LogP contribution in [0.4, 0.5) is 0 Å². The summed E-state index contributed by atoms with van der Waals surface area (Å²) in [4.78, 5) is 30.5. The Morgan fingerprint density at radius 1 is 1.17 bits per heavy atom. The maximum Gasteiger partial charge on any atom is 0.290 e. The predicted molar refractivity (Wildman–Crippen MR) is 119 cm³/mol. The van der Waals surface area contributed by atoms with Crippen molar-refractivity contribution in [3.63, 3.8) is 0 Å². The van der Waals surface area contributed by atoms with E-state index in [1.807, 2.05) is 50.2 Å². The third-order valence-corrected chi connectivity index (χ3v) is 5.69. The van der Waals surface area contributed by atoms with E-state index in [0.717, 1.165) is 10.0 Å². The van der Waals surface area contributed by atoms with Crippen LogP contribution in [0.15, 0.2) is 56.1 Å². The first-order valence-electron chi connectivity index (χ1n) is 9.85. The Morgan fingerprint density at radius 3 is 2.70 bits per heavy atom. The fourth-order valence-electron chi connectivity index (χ4n) is 3.82. The second kappa shape index (κ2) is 8.24. The van der Waals surface area contributed by atoms with Crippen LogP contribution in [0.3, 0.4) is 0 Å². The molecule has 0 radical (unpaired) electrons. The number of carbonyl (C=O) groups is 1. The number of benzene rings is 2. The van der Waals surface area contributed by atoms with Crippen LogP contribution in [0.1, 0.15) is 34.6 Å². The molecule has 1 aliphatic heterocycles. The van der Waals surface area contributed by atoms with Crippen molar-refractivity contribution < 1.29 is 13.9 Å². The summed E-state index contributed by atoms with van der Waals surface area (Å²) in [6.07, 6.45) is 0. The van der Waals surface area contributed by atoms with Gasteiger partial charge in [-0.1, -0.05) is 28.1 Å². The SMILES string of the molecule is CCOc1cccc(C2c3c(oc4ccc(Br)cc4c3=O)C(=O)N2CCN(C)C)c1.